The number of hydrogen-bond donors (Lipinski definition) is 0. The molecule has 2 aromatic carbocycles. The topological polar surface area (TPSA) is 0 Å². The summed E-state index contributed by atoms with van der Waals surface area (Å²) < 4.78 is 1.38. The Balaban J connectivity index is 2.87. The molecular weight excluding hydrogens is 247 g/mol. The average molecular weight is 256 g/mol. The van der Waals surface area contributed by atoms with E-state index in [1.807, 2.05) is 12.1 Å². The van der Waals surface area contributed by atoms with Crippen LogP contribution in [0.4, 0.5) is 0 Å². The van der Waals surface area contributed by atoms with E-state index >= 15 is 0 Å². The number of fused-ring (bicyclic) bond motifs is 1. The van der Waals surface area contributed by atoms with Crippen molar-refractivity contribution in [3.8, 4) is 0 Å². The molecule has 0 bridgehead atoms. The molecule has 0 N–H and O–H groups in total. The summed E-state index contributed by atoms with van der Waals surface area (Å²) >= 11 is 6.66. The van der Waals surface area contributed by atoms with Gasteiger partial charge < -0.3 is 0 Å². The maximum absolute atomic E-state index is 6.15. The van der Waals surface area contributed by atoms with Crippen LogP contribution in [0.15, 0.2) is 36.4 Å². The third-order valence-electron chi connectivity index (χ3n) is 2.04. The first-order valence-corrected chi connectivity index (χ1v) is 6.99. The number of halogens is 1. The second-order valence-corrected chi connectivity index (χ2v) is 4.98. The summed E-state index contributed by atoms with van der Waals surface area (Å²) in [6.45, 7) is 0. The van der Waals surface area contributed by atoms with Crippen LogP contribution in [0.5, 0.6) is 0 Å². The van der Waals surface area contributed by atoms with Gasteiger partial charge in [-0.1, -0.05) is 0 Å². The van der Waals surface area contributed by atoms with Crippen molar-refractivity contribution in [1.29, 1.82) is 0 Å². The van der Waals surface area contributed by atoms with Crippen LogP contribution in [-0.4, -0.2) is 15.0 Å². The summed E-state index contributed by atoms with van der Waals surface area (Å²) in [4.78, 5) is 0. The summed E-state index contributed by atoms with van der Waals surface area (Å²) in [5.74, 6) is 2.21. The SMILES string of the molecule is C[Se]c1cccc2cccc(Cl)c12. The normalized spacial score (nSPS) is 10.6. The molecule has 0 unspecified atom stereocenters. The Labute approximate surface area is 89.1 Å². The van der Waals surface area contributed by atoms with Gasteiger partial charge in [-0.2, -0.15) is 0 Å². The van der Waals surface area contributed by atoms with E-state index in [2.05, 4.69) is 30.1 Å². The average Bonchev–Trinajstić information content (AvgIpc) is 2.17. The van der Waals surface area contributed by atoms with E-state index in [1.54, 1.807) is 0 Å². The summed E-state index contributed by atoms with van der Waals surface area (Å²) in [6.07, 6.45) is 0. The molecule has 0 saturated carbocycles. The van der Waals surface area contributed by atoms with Crippen LogP contribution in [0.2, 0.25) is 10.8 Å². The van der Waals surface area contributed by atoms with E-state index in [9.17, 15) is 0 Å². The van der Waals surface area contributed by atoms with Gasteiger partial charge in [-0.05, 0) is 0 Å². The molecule has 66 valence electrons. The van der Waals surface area contributed by atoms with Gasteiger partial charge in [0.15, 0.2) is 0 Å². The number of hydrogen-bond acceptors (Lipinski definition) is 0. The Morgan fingerprint density at radius 1 is 1.08 bits per heavy atom. The third kappa shape index (κ3) is 1.60. The first-order valence-electron chi connectivity index (χ1n) is 4.04. The van der Waals surface area contributed by atoms with E-state index in [0.717, 1.165) is 5.02 Å². The van der Waals surface area contributed by atoms with E-state index in [0.29, 0.717) is 15.0 Å². The zero-order chi connectivity index (χ0) is 9.26. The molecule has 0 spiro atoms. The molecular formula is C11H9ClSe. The van der Waals surface area contributed by atoms with E-state index in [1.165, 1.54) is 15.2 Å². The monoisotopic (exact) mass is 256 g/mol. The molecule has 0 atom stereocenters. The molecule has 13 heavy (non-hydrogen) atoms. The van der Waals surface area contributed by atoms with Gasteiger partial charge in [-0.3, -0.25) is 0 Å². The van der Waals surface area contributed by atoms with E-state index in [4.69, 9.17) is 11.6 Å². The van der Waals surface area contributed by atoms with Crippen LogP contribution in [0.1, 0.15) is 0 Å². The van der Waals surface area contributed by atoms with Crippen molar-refractivity contribution in [2.45, 2.75) is 5.82 Å². The Morgan fingerprint density at radius 2 is 1.77 bits per heavy atom. The fourth-order valence-electron chi connectivity index (χ4n) is 1.43. The number of rotatable bonds is 1. The molecule has 2 rings (SSSR count). The molecule has 0 saturated heterocycles. The second kappa shape index (κ2) is 3.71. The van der Waals surface area contributed by atoms with Crippen LogP contribution < -0.4 is 4.46 Å². The van der Waals surface area contributed by atoms with Crippen LogP contribution in [0.3, 0.4) is 0 Å². The molecule has 0 amide bonds. The summed E-state index contributed by atoms with van der Waals surface area (Å²) in [5, 5.41) is 3.35. The van der Waals surface area contributed by atoms with Crippen LogP contribution in [-0.2, 0) is 0 Å². The molecule has 0 heterocycles. The van der Waals surface area contributed by atoms with Gasteiger partial charge in [0.25, 0.3) is 0 Å². The summed E-state index contributed by atoms with van der Waals surface area (Å²) in [7, 11) is 0. The molecule has 0 aliphatic rings. The Bertz CT molecular complexity index is 432. The van der Waals surface area contributed by atoms with Crippen molar-refractivity contribution in [2.75, 3.05) is 0 Å². The van der Waals surface area contributed by atoms with Gasteiger partial charge in [0.2, 0.25) is 0 Å². The van der Waals surface area contributed by atoms with Gasteiger partial charge in [-0.15, -0.1) is 0 Å². The predicted octanol–water partition coefficient (Wildman–Crippen LogP) is 2.87. The van der Waals surface area contributed by atoms with Gasteiger partial charge in [0, 0.05) is 0 Å². The van der Waals surface area contributed by atoms with E-state index in [-0.39, 0.29) is 0 Å². The quantitative estimate of drug-likeness (QED) is 0.688. The van der Waals surface area contributed by atoms with Crippen LogP contribution in [0, 0.1) is 0 Å². The van der Waals surface area contributed by atoms with Crippen LogP contribution in [0.25, 0.3) is 10.8 Å². The third-order valence-corrected chi connectivity index (χ3v) is 3.99. The number of benzene rings is 2. The van der Waals surface area contributed by atoms with Crippen molar-refractivity contribution < 1.29 is 0 Å². The molecule has 0 radical (unpaired) electrons. The van der Waals surface area contributed by atoms with Gasteiger partial charge in [0.1, 0.15) is 0 Å². The van der Waals surface area contributed by atoms with Gasteiger partial charge in [0.05, 0.1) is 0 Å². The predicted molar refractivity (Wildman–Crippen MR) is 60.2 cm³/mol. The molecule has 0 fully saturated rings. The zero-order valence-electron chi connectivity index (χ0n) is 7.25. The first-order chi connectivity index (χ1) is 6.33. The minimum absolute atomic E-state index is 0.504. The fourth-order valence-corrected chi connectivity index (χ4v) is 3.20. The Hall–Kier alpha value is -0.491. The minimum atomic E-state index is 0.504. The zero-order valence-corrected chi connectivity index (χ0v) is 9.72. The maximum atomic E-state index is 6.15. The Morgan fingerprint density at radius 3 is 2.46 bits per heavy atom. The molecule has 0 aliphatic carbocycles. The fraction of sp³-hybridized carbons (Fsp3) is 0.0909. The van der Waals surface area contributed by atoms with Crippen molar-refractivity contribution >= 4 is 41.8 Å². The van der Waals surface area contributed by atoms with Gasteiger partial charge in [-0.25, -0.2) is 0 Å². The standard InChI is InChI=1S/C11H9ClSe/c1-13-10-7-3-5-8-4-2-6-9(12)11(8)10/h2-7H,1H3. The summed E-state index contributed by atoms with van der Waals surface area (Å²) in [6, 6.07) is 12.4. The van der Waals surface area contributed by atoms with Crippen molar-refractivity contribution in [2.24, 2.45) is 0 Å². The molecule has 0 nitrogen and oxygen atoms in total. The van der Waals surface area contributed by atoms with Crippen molar-refractivity contribution in [3.63, 3.8) is 0 Å². The molecule has 0 aliphatic heterocycles. The second-order valence-electron chi connectivity index (χ2n) is 2.80. The first kappa shape index (κ1) is 9.08. The van der Waals surface area contributed by atoms with Gasteiger partial charge >= 0.3 is 89.0 Å². The molecule has 2 heteroatoms. The molecule has 2 aromatic rings. The Kier molecular flexibility index (Phi) is 2.59. The van der Waals surface area contributed by atoms with Crippen molar-refractivity contribution in [1.82, 2.24) is 0 Å². The van der Waals surface area contributed by atoms with Crippen molar-refractivity contribution in [3.05, 3.63) is 41.4 Å². The summed E-state index contributed by atoms with van der Waals surface area (Å²) in [5.41, 5.74) is 0. The molecule has 0 aromatic heterocycles. The van der Waals surface area contributed by atoms with Crippen LogP contribution >= 0.6 is 11.6 Å². The van der Waals surface area contributed by atoms with E-state index < -0.39 is 0 Å².